The molecule has 0 aliphatic heterocycles. The molecule has 1 saturated carbocycles. The summed E-state index contributed by atoms with van der Waals surface area (Å²) in [6, 6.07) is 7.37. The van der Waals surface area contributed by atoms with Crippen molar-refractivity contribution in [2.24, 2.45) is 5.92 Å². The fourth-order valence-corrected chi connectivity index (χ4v) is 2.30. The number of para-hydroxylation sites is 1. The topological polar surface area (TPSA) is 78.4 Å². The van der Waals surface area contributed by atoms with Crippen LogP contribution in [0.4, 0.5) is 10.5 Å². The van der Waals surface area contributed by atoms with Gasteiger partial charge in [0.15, 0.2) is 0 Å². The number of rotatable bonds is 6. The zero-order valence-corrected chi connectivity index (χ0v) is 11.6. The standard InChI is InChI=1S/C15H20N2O3/c1-2-10-9-13(10)17-15(20)16-12-6-4-3-5-11(12)7-8-14(18)19/h3-6,10,13H,2,7-9H2,1H3,(H,18,19)(H2,16,17,20). The number of carbonyl (C=O) groups is 2. The summed E-state index contributed by atoms with van der Waals surface area (Å²) in [5, 5.41) is 14.5. The van der Waals surface area contributed by atoms with Gasteiger partial charge in [0.2, 0.25) is 0 Å². The van der Waals surface area contributed by atoms with Gasteiger partial charge in [-0.25, -0.2) is 4.79 Å². The lowest BCUT2D eigenvalue weighted by molar-refractivity contribution is -0.136. The molecular weight excluding hydrogens is 256 g/mol. The Morgan fingerprint density at radius 2 is 2.10 bits per heavy atom. The van der Waals surface area contributed by atoms with Crippen LogP contribution in [-0.2, 0) is 11.2 Å². The van der Waals surface area contributed by atoms with Crippen molar-refractivity contribution < 1.29 is 14.7 Å². The van der Waals surface area contributed by atoms with Crippen molar-refractivity contribution in [3.8, 4) is 0 Å². The van der Waals surface area contributed by atoms with E-state index in [9.17, 15) is 9.59 Å². The van der Waals surface area contributed by atoms with E-state index in [1.165, 1.54) is 0 Å². The maximum Gasteiger partial charge on any atom is 0.319 e. The number of anilines is 1. The van der Waals surface area contributed by atoms with Gasteiger partial charge in [-0.05, 0) is 30.4 Å². The largest absolute Gasteiger partial charge is 0.481 e. The molecule has 108 valence electrons. The molecule has 0 spiro atoms. The number of carboxylic acid groups (broad SMARTS) is 1. The van der Waals surface area contributed by atoms with Crippen molar-refractivity contribution in [2.45, 2.75) is 38.6 Å². The molecule has 2 amide bonds. The van der Waals surface area contributed by atoms with Gasteiger partial charge in [-0.1, -0.05) is 31.5 Å². The van der Waals surface area contributed by atoms with Crippen LogP contribution < -0.4 is 10.6 Å². The minimum absolute atomic E-state index is 0.0564. The summed E-state index contributed by atoms with van der Waals surface area (Å²) in [5.74, 6) is -0.240. The van der Waals surface area contributed by atoms with Gasteiger partial charge in [-0.15, -0.1) is 0 Å². The predicted molar refractivity (Wildman–Crippen MR) is 76.7 cm³/mol. The fraction of sp³-hybridized carbons (Fsp3) is 0.467. The number of nitrogens with one attached hydrogen (secondary N) is 2. The Bertz CT molecular complexity index is 502. The van der Waals surface area contributed by atoms with E-state index in [1.54, 1.807) is 6.07 Å². The highest BCUT2D eigenvalue weighted by molar-refractivity contribution is 5.90. The van der Waals surface area contributed by atoms with E-state index in [1.807, 2.05) is 18.2 Å². The zero-order valence-electron chi connectivity index (χ0n) is 11.6. The van der Waals surface area contributed by atoms with E-state index >= 15 is 0 Å². The number of amides is 2. The first-order chi connectivity index (χ1) is 9.60. The summed E-state index contributed by atoms with van der Waals surface area (Å²) < 4.78 is 0. The maximum atomic E-state index is 11.9. The molecular formula is C15H20N2O3. The second-order valence-corrected chi connectivity index (χ2v) is 5.16. The number of carboxylic acids is 1. The molecule has 5 nitrogen and oxygen atoms in total. The van der Waals surface area contributed by atoms with Gasteiger partial charge in [0.05, 0.1) is 0 Å². The smallest absolute Gasteiger partial charge is 0.319 e. The molecule has 0 aromatic heterocycles. The maximum absolute atomic E-state index is 11.9. The molecule has 0 radical (unpaired) electrons. The predicted octanol–water partition coefficient (Wildman–Crippen LogP) is 2.62. The Balaban J connectivity index is 1.91. The molecule has 0 bridgehead atoms. The number of aliphatic carboxylic acids is 1. The first kappa shape index (κ1) is 14.4. The Morgan fingerprint density at radius 1 is 1.35 bits per heavy atom. The molecule has 2 rings (SSSR count). The molecule has 3 N–H and O–H groups in total. The van der Waals surface area contributed by atoms with E-state index in [0.29, 0.717) is 18.0 Å². The van der Waals surface area contributed by atoms with E-state index in [2.05, 4.69) is 17.6 Å². The van der Waals surface area contributed by atoms with Crippen LogP contribution in [0.15, 0.2) is 24.3 Å². The average molecular weight is 276 g/mol. The lowest BCUT2D eigenvalue weighted by atomic mass is 10.1. The molecule has 0 saturated heterocycles. The number of hydrogen-bond donors (Lipinski definition) is 3. The lowest BCUT2D eigenvalue weighted by Gasteiger charge is -2.11. The van der Waals surface area contributed by atoms with E-state index < -0.39 is 5.97 Å². The van der Waals surface area contributed by atoms with Gasteiger partial charge in [0.25, 0.3) is 0 Å². The Kier molecular flexibility index (Phi) is 4.61. The van der Waals surface area contributed by atoms with Gasteiger partial charge >= 0.3 is 12.0 Å². The first-order valence-corrected chi connectivity index (χ1v) is 6.97. The summed E-state index contributed by atoms with van der Waals surface area (Å²) >= 11 is 0. The van der Waals surface area contributed by atoms with Crippen LogP contribution in [0.2, 0.25) is 0 Å². The van der Waals surface area contributed by atoms with Crippen LogP contribution in [0.1, 0.15) is 31.7 Å². The van der Waals surface area contributed by atoms with Crippen molar-refractivity contribution in [3.05, 3.63) is 29.8 Å². The molecule has 1 aromatic rings. The third-order valence-electron chi connectivity index (χ3n) is 3.64. The van der Waals surface area contributed by atoms with Gasteiger partial charge in [-0.2, -0.15) is 0 Å². The average Bonchev–Trinajstić information content (AvgIpc) is 3.15. The highest BCUT2D eigenvalue weighted by atomic mass is 16.4. The monoisotopic (exact) mass is 276 g/mol. The zero-order chi connectivity index (χ0) is 14.5. The number of carbonyl (C=O) groups excluding carboxylic acids is 1. The minimum atomic E-state index is -0.840. The second kappa shape index (κ2) is 6.41. The Hall–Kier alpha value is -2.04. The minimum Gasteiger partial charge on any atom is -0.481 e. The highest BCUT2D eigenvalue weighted by Gasteiger charge is 2.36. The fourth-order valence-electron chi connectivity index (χ4n) is 2.30. The van der Waals surface area contributed by atoms with Crippen molar-refractivity contribution in [1.82, 2.24) is 5.32 Å². The third-order valence-corrected chi connectivity index (χ3v) is 3.64. The highest BCUT2D eigenvalue weighted by Crippen LogP contribution is 2.33. The van der Waals surface area contributed by atoms with Crippen LogP contribution in [0.5, 0.6) is 0 Å². The molecule has 2 atom stereocenters. The Morgan fingerprint density at radius 3 is 2.75 bits per heavy atom. The van der Waals surface area contributed by atoms with E-state index in [4.69, 9.17) is 5.11 Å². The molecule has 5 heteroatoms. The number of benzene rings is 1. The molecule has 1 aromatic carbocycles. The molecule has 2 unspecified atom stereocenters. The van der Waals surface area contributed by atoms with E-state index in [0.717, 1.165) is 18.4 Å². The second-order valence-electron chi connectivity index (χ2n) is 5.16. The van der Waals surface area contributed by atoms with Gasteiger partial charge in [0, 0.05) is 18.2 Å². The summed E-state index contributed by atoms with van der Waals surface area (Å²) in [6.07, 6.45) is 2.60. The first-order valence-electron chi connectivity index (χ1n) is 6.97. The van der Waals surface area contributed by atoms with Crippen LogP contribution in [0.3, 0.4) is 0 Å². The van der Waals surface area contributed by atoms with Crippen LogP contribution >= 0.6 is 0 Å². The molecule has 1 fully saturated rings. The molecule has 1 aliphatic carbocycles. The van der Waals surface area contributed by atoms with E-state index in [-0.39, 0.29) is 18.5 Å². The molecule has 0 heterocycles. The normalized spacial score (nSPS) is 20.2. The summed E-state index contributed by atoms with van der Waals surface area (Å²) in [6.45, 7) is 2.12. The van der Waals surface area contributed by atoms with Crippen LogP contribution in [0, 0.1) is 5.92 Å². The number of hydrogen-bond acceptors (Lipinski definition) is 2. The third kappa shape index (κ3) is 3.98. The van der Waals surface area contributed by atoms with Crippen molar-refractivity contribution in [1.29, 1.82) is 0 Å². The number of urea groups is 1. The summed E-state index contributed by atoms with van der Waals surface area (Å²) in [5.41, 5.74) is 1.52. The molecule has 1 aliphatic rings. The quantitative estimate of drug-likeness (QED) is 0.747. The van der Waals surface area contributed by atoms with Gasteiger partial charge < -0.3 is 15.7 Å². The Labute approximate surface area is 118 Å². The van der Waals surface area contributed by atoms with Crippen LogP contribution in [0.25, 0.3) is 0 Å². The summed E-state index contributed by atoms with van der Waals surface area (Å²) in [4.78, 5) is 22.5. The van der Waals surface area contributed by atoms with Gasteiger partial charge in [0.1, 0.15) is 0 Å². The lowest BCUT2D eigenvalue weighted by Crippen LogP contribution is -2.31. The summed E-state index contributed by atoms with van der Waals surface area (Å²) in [7, 11) is 0. The van der Waals surface area contributed by atoms with Crippen LogP contribution in [-0.4, -0.2) is 23.1 Å². The number of aryl methyl sites for hydroxylation is 1. The SMILES string of the molecule is CCC1CC1NC(=O)Nc1ccccc1CCC(=O)O. The molecule has 20 heavy (non-hydrogen) atoms. The van der Waals surface area contributed by atoms with Gasteiger partial charge in [-0.3, -0.25) is 4.79 Å². The van der Waals surface area contributed by atoms with Crippen molar-refractivity contribution in [3.63, 3.8) is 0 Å². The van der Waals surface area contributed by atoms with Crippen molar-refractivity contribution >= 4 is 17.7 Å². The van der Waals surface area contributed by atoms with Crippen molar-refractivity contribution in [2.75, 3.05) is 5.32 Å².